The molecule has 5 heteroatoms. The SMILES string of the molecule is C[C@H]1CN(C)c2ccccc2N(C(=O)c2ccc(CN)o2)C1. The van der Waals surface area contributed by atoms with Gasteiger partial charge in [0.25, 0.3) is 5.91 Å². The van der Waals surface area contributed by atoms with Gasteiger partial charge < -0.3 is 20.0 Å². The van der Waals surface area contributed by atoms with Crippen molar-refractivity contribution < 1.29 is 9.21 Å². The minimum absolute atomic E-state index is 0.116. The van der Waals surface area contributed by atoms with Gasteiger partial charge in [0.05, 0.1) is 17.9 Å². The van der Waals surface area contributed by atoms with Crippen molar-refractivity contribution in [2.45, 2.75) is 13.5 Å². The van der Waals surface area contributed by atoms with Crippen molar-refractivity contribution in [1.29, 1.82) is 0 Å². The zero-order valence-corrected chi connectivity index (χ0v) is 13.0. The Balaban J connectivity index is 2.00. The van der Waals surface area contributed by atoms with E-state index in [1.165, 1.54) is 0 Å². The van der Waals surface area contributed by atoms with Gasteiger partial charge in [0.15, 0.2) is 5.76 Å². The number of hydrogen-bond donors (Lipinski definition) is 1. The van der Waals surface area contributed by atoms with Crippen molar-refractivity contribution in [3.05, 3.63) is 47.9 Å². The molecule has 0 saturated heterocycles. The molecule has 116 valence electrons. The summed E-state index contributed by atoms with van der Waals surface area (Å²) in [5.41, 5.74) is 7.54. The number of amides is 1. The van der Waals surface area contributed by atoms with Gasteiger partial charge in [-0.05, 0) is 30.2 Å². The maximum atomic E-state index is 12.9. The maximum Gasteiger partial charge on any atom is 0.294 e. The van der Waals surface area contributed by atoms with Crippen LogP contribution in [0.3, 0.4) is 0 Å². The molecule has 1 atom stereocenters. The third kappa shape index (κ3) is 2.60. The normalized spacial score (nSPS) is 18.0. The topological polar surface area (TPSA) is 62.7 Å². The lowest BCUT2D eigenvalue weighted by atomic mass is 10.1. The summed E-state index contributed by atoms with van der Waals surface area (Å²) in [5.74, 6) is 1.21. The molecular weight excluding hydrogens is 278 g/mol. The lowest BCUT2D eigenvalue weighted by molar-refractivity contribution is 0.0956. The highest BCUT2D eigenvalue weighted by atomic mass is 16.4. The number of fused-ring (bicyclic) bond motifs is 1. The molecule has 2 N–H and O–H groups in total. The molecule has 3 rings (SSSR count). The third-order valence-electron chi connectivity index (χ3n) is 3.98. The molecule has 1 amide bonds. The van der Waals surface area contributed by atoms with Crippen LogP contribution < -0.4 is 15.5 Å². The predicted octanol–water partition coefficient (Wildman–Crippen LogP) is 2.47. The van der Waals surface area contributed by atoms with Crippen LogP contribution in [0.1, 0.15) is 23.2 Å². The van der Waals surface area contributed by atoms with Crippen LogP contribution in [0.2, 0.25) is 0 Å². The van der Waals surface area contributed by atoms with Gasteiger partial charge in [-0.2, -0.15) is 0 Å². The largest absolute Gasteiger partial charge is 0.455 e. The number of carbonyl (C=O) groups excluding carboxylic acids is 1. The summed E-state index contributed by atoms with van der Waals surface area (Å²) in [6.45, 7) is 4.02. The van der Waals surface area contributed by atoms with Gasteiger partial charge in [0.1, 0.15) is 5.76 Å². The lowest BCUT2D eigenvalue weighted by Crippen LogP contribution is -2.34. The van der Waals surface area contributed by atoms with Crippen LogP contribution >= 0.6 is 0 Å². The average Bonchev–Trinajstić information content (AvgIpc) is 2.96. The van der Waals surface area contributed by atoms with E-state index >= 15 is 0 Å². The minimum atomic E-state index is -0.116. The molecule has 0 radical (unpaired) electrons. The summed E-state index contributed by atoms with van der Waals surface area (Å²) in [4.78, 5) is 16.9. The Hall–Kier alpha value is -2.27. The monoisotopic (exact) mass is 299 g/mol. The molecule has 2 heterocycles. The van der Waals surface area contributed by atoms with Crippen LogP contribution in [-0.2, 0) is 6.54 Å². The van der Waals surface area contributed by atoms with Crippen molar-refractivity contribution >= 4 is 17.3 Å². The first-order chi connectivity index (χ1) is 10.6. The number of anilines is 2. The zero-order chi connectivity index (χ0) is 15.7. The molecular formula is C17H21N3O2. The zero-order valence-electron chi connectivity index (χ0n) is 13.0. The molecule has 1 aromatic heterocycles. The summed E-state index contributed by atoms with van der Waals surface area (Å²) in [7, 11) is 2.06. The molecule has 0 saturated carbocycles. The first kappa shape index (κ1) is 14.7. The number of carbonyl (C=O) groups is 1. The van der Waals surface area contributed by atoms with E-state index in [9.17, 15) is 4.79 Å². The van der Waals surface area contributed by atoms with E-state index in [2.05, 4.69) is 18.9 Å². The molecule has 0 unspecified atom stereocenters. The van der Waals surface area contributed by atoms with Crippen LogP contribution in [0.4, 0.5) is 11.4 Å². The van der Waals surface area contributed by atoms with Crippen LogP contribution in [0.25, 0.3) is 0 Å². The number of rotatable bonds is 2. The van der Waals surface area contributed by atoms with Crippen molar-refractivity contribution in [3.63, 3.8) is 0 Å². The van der Waals surface area contributed by atoms with Gasteiger partial charge >= 0.3 is 0 Å². The van der Waals surface area contributed by atoms with Crippen molar-refractivity contribution in [1.82, 2.24) is 0 Å². The fraction of sp³-hybridized carbons (Fsp3) is 0.353. The molecule has 0 fully saturated rings. The molecule has 1 aliphatic rings. The van der Waals surface area contributed by atoms with E-state index in [1.807, 2.05) is 29.2 Å². The molecule has 5 nitrogen and oxygen atoms in total. The van der Waals surface area contributed by atoms with Gasteiger partial charge in [0.2, 0.25) is 0 Å². The summed E-state index contributed by atoms with van der Waals surface area (Å²) >= 11 is 0. The Labute approximate surface area is 130 Å². The summed E-state index contributed by atoms with van der Waals surface area (Å²) < 4.78 is 5.54. The molecule has 2 aromatic rings. The van der Waals surface area contributed by atoms with E-state index in [0.717, 1.165) is 17.9 Å². The second-order valence-electron chi connectivity index (χ2n) is 5.86. The molecule has 0 aliphatic carbocycles. The van der Waals surface area contributed by atoms with E-state index < -0.39 is 0 Å². The van der Waals surface area contributed by atoms with Crippen LogP contribution in [-0.4, -0.2) is 26.0 Å². The highest BCUT2D eigenvalue weighted by molar-refractivity contribution is 6.06. The fourth-order valence-electron chi connectivity index (χ4n) is 2.98. The number of hydrogen-bond acceptors (Lipinski definition) is 4. The molecule has 22 heavy (non-hydrogen) atoms. The van der Waals surface area contributed by atoms with Gasteiger partial charge in [-0.3, -0.25) is 4.79 Å². The fourth-order valence-corrected chi connectivity index (χ4v) is 2.98. The minimum Gasteiger partial charge on any atom is -0.455 e. The maximum absolute atomic E-state index is 12.9. The molecule has 0 spiro atoms. The summed E-state index contributed by atoms with van der Waals surface area (Å²) in [6.07, 6.45) is 0. The van der Waals surface area contributed by atoms with Gasteiger partial charge in [-0.15, -0.1) is 0 Å². The second-order valence-corrected chi connectivity index (χ2v) is 5.86. The standard InChI is InChI=1S/C17H21N3O2/c1-12-10-19(2)14-5-3-4-6-15(14)20(11-12)17(21)16-8-7-13(9-18)22-16/h3-8,12H,9-11,18H2,1-2H3/t12-/m0/s1. The summed E-state index contributed by atoms with van der Waals surface area (Å²) in [5, 5.41) is 0. The first-order valence-electron chi connectivity index (χ1n) is 7.51. The van der Waals surface area contributed by atoms with Gasteiger partial charge in [-0.25, -0.2) is 0 Å². The van der Waals surface area contributed by atoms with Crippen molar-refractivity contribution in [2.24, 2.45) is 11.7 Å². The van der Waals surface area contributed by atoms with E-state index in [0.29, 0.717) is 30.5 Å². The predicted molar refractivity (Wildman–Crippen MR) is 87.2 cm³/mol. The Morgan fingerprint density at radius 3 is 2.64 bits per heavy atom. The highest BCUT2D eigenvalue weighted by Crippen LogP contribution is 2.33. The number of benzene rings is 1. The Kier molecular flexibility index (Phi) is 3.90. The van der Waals surface area contributed by atoms with Gasteiger partial charge in [0, 0.05) is 20.1 Å². The first-order valence-corrected chi connectivity index (χ1v) is 7.51. The van der Waals surface area contributed by atoms with E-state index in [1.54, 1.807) is 12.1 Å². The molecule has 1 aliphatic heterocycles. The number of furan rings is 1. The number of nitrogens with two attached hydrogens (primary N) is 1. The number of para-hydroxylation sites is 2. The molecule has 0 bridgehead atoms. The Morgan fingerprint density at radius 2 is 1.95 bits per heavy atom. The van der Waals surface area contributed by atoms with Crippen LogP contribution in [0.15, 0.2) is 40.8 Å². The van der Waals surface area contributed by atoms with Crippen molar-refractivity contribution in [3.8, 4) is 0 Å². The van der Waals surface area contributed by atoms with Crippen LogP contribution in [0, 0.1) is 5.92 Å². The quantitative estimate of drug-likeness (QED) is 0.925. The van der Waals surface area contributed by atoms with E-state index in [-0.39, 0.29) is 5.91 Å². The average molecular weight is 299 g/mol. The molecule has 1 aromatic carbocycles. The van der Waals surface area contributed by atoms with Crippen molar-refractivity contribution in [2.75, 3.05) is 29.9 Å². The van der Waals surface area contributed by atoms with E-state index in [4.69, 9.17) is 10.2 Å². The third-order valence-corrected chi connectivity index (χ3v) is 3.98. The highest BCUT2D eigenvalue weighted by Gasteiger charge is 2.28. The van der Waals surface area contributed by atoms with Gasteiger partial charge in [-0.1, -0.05) is 19.1 Å². The Morgan fingerprint density at radius 1 is 1.23 bits per heavy atom. The summed E-state index contributed by atoms with van der Waals surface area (Å²) in [6, 6.07) is 11.4. The van der Waals surface area contributed by atoms with Crippen LogP contribution in [0.5, 0.6) is 0 Å². The second kappa shape index (κ2) is 5.85. The smallest absolute Gasteiger partial charge is 0.294 e. The Bertz CT molecular complexity index is 680. The lowest BCUT2D eigenvalue weighted by Gasteiger charge is -2.23. The number of nitrogens with zero attached hydrogens (tertiary/aromatic N) is 2.